The number of carbonyl (C=O) groups is 2. The summed E-state index contributed by atoms with van der Waals surface area (Å²) in [6, 6.07) is 2.23. The number of nitrogens with zero attached hydrogens (tertiary/aromatic N) is 1. The van der Waals surface area contributed by atoms with E-state index in [4.69, 9.17) is 23.2 Å². The molecule has 7 nitrogen and oxygen atoms in total. The summed E-state index contributed by atoms with van der Waals surface area (Å²) >= 11 is 12.0. The fourth-order valence-corrected chi connectivity index (χ4v) is 5.31. The van der Waals surface area contributed by atoms with Crippen LogP contribution in [0.5, 0.6) is 0 Å². The van der Waals surface area contributed by atoms with Crippen molar-refractivity contribution in [1.82, 2.24) is 15.5 Å². The molecule has 0 aromatic heterocycles. The van der Waals surface area contributed by atoms with E-state index in [9.17, 15) is 19.1 Å². The Hall–Kier alpha value is -2.23. The van der Waals surface area contributed by atoms with Crippen LogP contribution >= 0.6 is 23.2 Å². The smallest absolute Gasteiger partial charge is 0.237 e. The number of allylic oxidation sites excluding steroid dienone is 5. The molecule has 42 heavy (non-hydrogen) atoms. The first-order chi connectivity index (χ1) is 19.9. The topological polar surface area (TPSA) is 93.7 Å². The molecule has 0 aliphatic carbocycles. The summed E-state index contributed by atoms with van der Waals surface area (Å²) in [6.45, 7) is 16.1. The number of rotatable bonds is 12. The number of carbonyl (C=O) groups excluding carboxylic acids is 2. The highest BCUT2D eigenvalue weighted by Crippen LogP contribution is 2.40. The van der Waals surface area contributed by atoms with E-state index in [-0.39, 0.29) is 29.4 Å². The molecule has 10 heteroatoms. The number of aliphatic hydroxyl groups excluding tert-OH is 1. The highest BCUT2D eigenvalue weighted by molar-refractivity contribution is 6.31. The highest BCUT2D eigenvalue weighted by atomic mass is 35.5. The summed E-state index contributed by atoms with van der Waals surface area (Å²) in [5.74, 6) is -0.788. The third-order valence-corrected chi connectivity index (χ3v) is 7.75. The van der Waals surface area contributed by atoms with Gasteiger partial charge in [0.05, 0.1) is 11.1 Å². The maximum atomic E-state index is 14.4. The maximum absolute atomic E-state index is 14.4. The maximum Gasteiger partial charge on any atom is 0.237 e. The van der Waals surface area contributed by atoms with E-state index in [1.165, 1.54) is 18.2 Å². The van der Waals surface area contributed by atoms with Crippen molar-refractivity contribution in [3.05, 3.63) is 64.5 Å². The SMILES string of the molecule is C=C/C(Cl)=C\C=C/C[C@H]1[C@H](C(=O)NCCN2CCC(CO)CC2)NC[C@H]1c1cc(F)c(Cl)cc1NC=O.CC(C)(C)C. The molecule has 2 heterocycles. The summed E-state index contributed by atoms with van der Waals surface area (Å²) in [5, 5.41) is 18.7. The van der Waals surface area contributed by atoms with Crippen molar-refractivity contribution in [3.63, 3.8) is 0 Å². The molecule has 2 saturated heterocycles. The number of hydrogen-bond acceptors (Lipinski definition) is 5. The molecule has 0 spiro atoms. The van der Waals surface area contributed by atoms with E-state index < -0.39 is 11.9 Å². The fraction of sp³-hybridized carbons (Fsp3) is 0.562. The first kappa shape index (κ1) is 36.0. The van der Waals surface area contributed by atoms with E-state index >= 15 is 0 Å². The standard InChI is InChI=1S/C27H35Cl2FN4O3.C5H12/c1-2-19(28)5-3-4-6-20-22(21-13-24(30)23(29)14-25(21)33-17-36)15-32-26(20)27(37)31-9-12-34-10-7-18(16-35)8-11-34;1-5(2,3)4/h2-5,13-14,17-18,20,22,26,32,35H,1,6-12,15-16H2,(H,31,37)(H,33,36);1-4H3/b4-3-,19-5+;/t20-,22-,26-;/m1./s1. The number of halogens is 3. The lowest BCUT2D eigenvalue weighted by Crippen LogP contribution is -2.47. The summed E-state index contributed by atoms with van der Waals surface area (Å²) in [7, 11) is 0. The molecule has 4 N–H and O–H groups in total. The van der Waals surface area contributed by atoms with Crippen LogP contribution in [0.15, 0.2) is 48.0 Å². The van der Waals surface area contributed by atoms with Gasteiger partial charge in [-0.1, -0.05) is 75.7 Å². The molecule has 2 fully saturated rings. The molecule has 2 aliphatic rings. The minimum atomic E-state index is -0.582. The van der Waals surface area contributed by atoms with Crippen LogP contribution in [0, 0.1) is 23.1 Å². The van der Waals surface area contributed by atoms with E-state index in [0.717, 1.165) is 32.5 Å². The van der Waals surface area contributed by atoms with E-state index in [2.05, 4.69) is 55.1 Å². The molecular weight excluding hydrogens is 578 g/mol. The van der Waals surface area contributed by atoms with Gasteiger partial charge < -0.3 is 26.0 Å². The molecule has 3 rings (SSSR count). The van der Waals surface area contributed by atoms with Crippen molar-refractivity contribution >= 4 is 41.2 Å². The Morgan fingerprint density at radius 2 is 1.93 bits per heavy atom. The Morgan fingerprint density at radius 3 is 2.52 bits per heavy atom. The Kier molecular flexibility index (Phi) is 15.2. The number of nitrogens with one attached hydrogen (secondary N) is 3. The van der Waals surface area contributed by atoms with Crippen LogP contribution in [0.2, 0.25) is 5.02 Å². The second-order valence-corrected chi connectivity index (χ2v) is 13.3. The predicted molar refractivity (Wildman–Crippen MR) is 171 cm³/mol. The summed E-state index contributed by atoms with van der Waals surface area (Å²) in [4.78, 5) is 26.7. The van der Waals surface area contributed by atoms with Gasteiger partial charge in [-0.15, -0.1) is 0 Å². The molecule has 0 bridgehead atoms. The van der Waals surface area contributed by atoms with Crippen LogP contribution in [-0.4, -0.2) is 67.7 Å². The van der Waals surface area contributed by atoms with Crippen molar-refractivity contribution in [2.45, 2.75) is 58.9 Å². The zero-order chi connectivity index (χ0) is 31.3. The van der Waals surface area contributed by atoms with E-state index in [1.807, 2.05) is 6.08 Å². The molecular formula is C32H47Cl2FN4O3. The first-order valence-electron chi connectivity index (χ1n) is 14.6. The summed E-state index contributed by atoms with van der Waals surface area (Å²) in [6.07, 6.45) is 9.93. The predicted octanol–water partition coefficient (Wildman–Crippen LogP) is 5.85. The van der Waals surface area contributed by atoms with Gasteiger partial charge in [-0.2, -0.15) is 0 Å². The number of hydrogen-bond donors (Lipinski definition) is 4. The van der Waals surface area contributed by atoms with E-state index in [0.29, 0.717) is 53.5 Å². The van der Waals surface area contributed by atoms with Gasteiger partial charge in [0.15, 0.2) is 0 Å². The van der Waals surface area contributed by atoms with Gasteiger partial charge >= 0.3 is 0 Å². The van der Waals surface area contributed by atoms with Crippen LogP contribution in [0.25, 0.3) is 0 Å². The van der Waals surface area contributed by atoms with Crippen molar-refractivity contribution in [2.24, 2.45) is 17.3 Å². The lowest BCUT2D eigenvalue weighted by molar-refractivity contribution is -0.123. The minimum absolute atomic E-state index is 0.0861. The van der Waals surface area contributed by atoms with Crippen molar-refractivity contribution < 1.29 is 19.1 Å². The fourth-order valence-electron chi connectivity index (χ4n) is 5.08. The second kappa shape index (κ2) is 17.8. The molecule has 0 unspecified atom stereocenters. The summed E-state index contributed by atoms with van der Waals surface area (Å²) < 4.78 is 14.4. The monoisotopic (exact) mass is 624 g/mol. The molecule has 3 atom stereocenters. The van der Waals surface area contributed by atoms with Crippen LogP contribution in [0.3, 0.4) is 0 Å². The molecule has 0 saturated carbocycles. The lowest BCUT2D eigenvalue weighted by atomic mass is 9.81. The average Bonchev–Trinajstić information content (AvgIpc) is 3.36. The average molecular weight is 626 g/mol. The number of likely N-dealkylation sites (tertiary alicyclic amines) is 1. The zero-order valence-corrected chi connectivity index (χ0v) is 26.8. The molecule has 1 aromatic carbocycles. The number of aliphatic hydroxyl groups is 1. The van der Waals surface area contributed by atoms with Crippen LogP contribution < -0.4 is 16.0 Å². The highest BCUT2D eigenvalue weighted by Gasteiger charge is 2.41. The molecule has 2 aliphatic heterocycles. The van der Waals surface area contributed by atoms with Crippen LogP contribution in [-0.2, 0) is 9.59 Å². The normalized spacial score (nSPS) is 22.0. The number of piperidine rings is 1. The molecule has 1 aromatic rings. The lowest BCUT2D eigenvalue weighted by Gasteiger charge is -2.31. The Balaban J connectivity index is 0.00000113. The second-order valence-electron chi connectivity index (χ2n) is 12.5. The Bertz CT molecular complexity index is 1090. The largest absolute Gasteiger partial charge is 0.396 e. The molecule has 234 valence electrons. The van der Waals surface area contributed by atoms with Gasteiger partial charge in [-0.25, -0.2) is 4.39 Å². The zero-order valence-electron chi connectivity index (χ0n) is 25.3. The first-order valence-corrected chi connectivity index (χ1v) is 15.3. The third kappa shape index (κ3) is 12.2. The third-order valence-electron chi connectivity index (χ3n) is 7.18. The van der Waals surface area contributed by atoms with Gasteiger partial charge in [-0.3, -0.25) is 9.59 Å². The van der Waals surface area contributed by atoms with Crippen LogP contribution in [0.1, 0.15) is 58.4 Å². The van der Waals surface area contributed by atoms with Gasteiger partial charge in [0.2, 0.25) is 12.3 Å². The van der Waals surface area contributed by atoms with Gasteiger partial charge in [-0.05, 0) is 73.4 Å². The summed E-state index contributed by atoms with van der Waals surface area (Å²) in [5.41, 5.74) is 1.51. The number of amides is 2. The quantitative estimate of drug-likeness (QED) is 0.173. The van der Waals surface area contributed by atoms with Crippen LogP contribution in [0.4, 0.5) is 10.1 Å². The van der Waals surface area contributed by atoms with Gasteiger partial charge in [0.1, 0.15) is 5.82 Å². The Morgan fingerprint density at radius 1 is 1.26 bits per heavy atom. The molecule has 2 amide bonds. The Labute approximate surface area is 260 Å². The number of benzene rings is 1. The van der Waals surface area contributed by atoms with E-state index in [1.54, 1.807) is 12.2 Å². The molecule has 0 radical (unpaired) electrons. The number of anilines is 1. The van der Waals surface area contributed by atoms with Crippen molar-refractivity contribution in [2.75, 3.05) is 44.6 Å². The van der Waals surface area contributed by atoms with Crippen molar-refractivity contribution in [1.29, 1.82) is 0 Å². The van der Waals surface area contributed by atoms with Crippen molar-refractivity contribution in [3.8, 4) is 0 Å². The minimum Gasteiger partial charge on any atom is -0.396 e. The van der Waals surface area contributed by atoms with Gasteiger partial charge in [0.25, 0.3) is 0 Å². The van der Waals surface area contributed by atoms with Gasteiger partial charge in [0, 0.05) is 42.9 Å².